The molecule has 0 bridgehead atoms. The number of halogens is 2. The van der Waals surface area contributed by atoms with Gasteiger partial charge in [0, 0.05) is 24.5 Å². The molecule has 4 rings (SSSR count). The zero-order valence-corrected chi connectivity index (χ0v) is 22.3. The van der Waals surface area contributed by atoms with E-state index in [-0.39, 0.29) is 17.2 Å². The van der Waals surface area contributed by atoms with Crippen LogP contribution in [0, 0.1) is 7.14 Å². The van der Waals surface area contributed by atoms with E-state index in [2.05, 4.69) is 10.2 Å². The minimum absolute atomic E-state index is 0.177. The first-order chi connectivity index (χ1) is 15.8. The van der Waals surface area contributed by atoms with Crippen LogP contribution in [-0.4, -0.2) is 59.9 Å². The number of amides is 3. The Labute approximate surface area is 222 Å². The minimum atomic E-state index is -0.513. The maximum absolute atomic E-state index is 12.7. The third-order valence-electron chi connectivity index (χ3n) is 5.04. The molecule has 0 aromatic heterocycles. The number of hydrogen-bond donors (Lipinski definition) is 2. The van der Waals surface area contributed by atoms with E-state index < -0.39 is 17.1 Å². The molecule has 3 amide bonds. The molecule has 2 aromatic rings. The number of nitrogens with one attached hydrogen (secondary N) is 1. The number of nitrogens with zero attached hydrogens (tertiary/aromatic N) is 2. The number of phenols is 1. The van der Waals surface area contributed by atoms with E-state index in [9.17, 15) is 19.5 Å². The van der Waals surface area contributed by atoms with Crippen molar-refractivity contribution in [3.8, 4) is 5.75 Å². The normalized spacial score (nSPS) is 17.7. The highest BCUT2D eigenvalue weighted by Gasteiger charge is 2.36. The van der Waals surface area contributed by atoms with Gasteiger partial charge in [0.05, 0.1) is 25.3 Å². The van der Waals surface area contributed by atoms with Gasteiger partial charge in [0.2, 0.25) is 5.91 Å². The molecule has 0 atom stereocenters. The summed E-state index contributed by atoms with van der Waals surface area (Å²) in [7, 11) is 0. The number of hydrogen-bond acceptors (Lipinski definition) is 7. The predicted molar refractivity (Wildman–Crippen MR) is 144 cm³/mol. The Bertz CT molecular complexity index is 1110. The second-order valence-electron chi connectivity index (χ2n) is 7.30. The van der Waals surface area contributed by atoms with Crippen LogP contribution in [-0.2, 0) is 14.3 Å². The molecular weight excluding hydrogens is 672 g/mol. The Hall–Kier alpha value is -1.84. The number of carbonyl (C=O) groups is 3. The number of benzene rings is 2. The Balaban J connectivity index is 1.39. The molecule has 2 N–H and O–H groups in total. The molecule has 0 aliphatic carbocycles. The van der Waals surface area contributed by atoms with Gasteiger partial charge >= 0.3 is 0 Å². The third-order valence-corrected chi connectivity index (χ3v) is 7.59. The molecule has 0 saturated carbocycles. The van der Waals surface area contributed by atoms with Gasteiger partial charge in [-0.2, -0.15) is 0 Å². The maximum atomic E-state index is 12.7. The molecule has 2 aromatic carbocycles. The highest BCUT2D eigenvalue weighted by atomic mass is 127. The van der Waals surface area contributed by atoms with Crippen LogP contribution in [0.15, 0.2) is 41.3 Å². The number of carbonyl (C=O) groups excluding carboxylic acids is 3. The van der Waals surface area contributed by atoms with Gasteiger partial charge in [-0.05, 0) is 105 Å². The largest absolute Gasteiger partial charge is 0.506 e. The second kappa shape index (κ2) is 10.6. The fourth-order valence-electron chi connectivity index (χ4n) is 3.38. The van der Waals surface area contributed by atoms with E-state index in [4.69, 9.17) is 4.74 Å². The number of rotatable bonds is 5. The number of aromatic hydroxyl groups is 1. The van der Waals surface area contributed by atoms with Crippen LogP contribution in [0.3, 0.4) is 0 Å². The summed E-state index contributed by atoms with van der Waals surface area (Å²) >= 11 is 4.80. The topological polar surface area (TPSA) is 99.2 Å². The van der Waals surface area contributed by atoms with E-state index in [0.29, 0.717) is 31.6 Å². The highest BCUT2D eigenvalue weighted by molar-refractivity contribution is 14.1. The highest BCUT2D eigenvalue weighted by Crippen LogP contribution is 2.34. The summed E-state index contributed by atoms with van der Waals surface area (Å²) in [5.74, 6) is -0.789. The van der Waals surface area contributed by atoms with Gasteiger partial charge in [-0.3, -0.25) is 19.3 Å². The van der Waals surface area contributed by atoms with Crippen LogP contribution in [0.4, 0.5) is 16.2 Å². The fraction of sp³-hybridized carbons (Fsp3) is 0.227. The summed E-state index contributed by atoms with van der Waals surface area (Å²) in [4.78, 5) is 41.0. The van der Waals surface area contributed by atoms with Crippen molar-refractivity contribution < 1.29 is 24.2 Å². The van der Waals surface area contributed by atoms with E-state index in [1.165, 1.54) is 0 Å². The van der Waals surface area contributed by atoms with E-state index in [0.717, 1.165) is 35.4 Å². The summed E-state index contributed by atoms with van der Waals surface area (Å²) < 4.78 is 6.64. The third kappa shape index (κ3) is 5.81. The van der Waals surface area contributed by atoms with Gasteiger partial charge in [0.15, 0.2) is 0 Å². The van der Waals surface area contributed by atoms with Crippen molar-refractivity contribution in [2.24, 2.45) is 0 Å². The molecular formula is C22H19I2N3O5S. The number of morpholine rings is 1. The molecule has 0 radical (unpaired) electrons. The Morgan fingerprint density at radius 2 is 1.76 bits per heavy atom. The van der Waals surface area contributed by atoms with Crippen LogP contribution in [0.1, 0.15) is 5.56 Å². The smallest absolute Gasteiger partial charge is 0.294 e. The summed E-state index contributed by atoms with van der Waals surface area (Å²) in [5, 5.41) is 12.2. The van der Waals surface area contributed by atoms with Crippen LogP contribution in [0.25, 0.3) is 6.08 Å². The van der Waals surface area contributed by atoms with Crippen molar-refractivity contribution in [1.82, 2.24) is 4.90 Å². The molecule has 33 heavy (non-hydrogen) atoms. The van der Waals surface area contributed by atoms with Crippen molar-refractivity contribution in [3.05, 3.63) is 54.0 Å². The number of anilines is 2. The van der Waals surface area contributed by atoms with Gasteiger partial charge < -0.3 is 20.1 Å². The molecule has 2 aliphatic rings. The van der Waals surface area contributed by atoms with Crippen molar-refractivity contribution in [2.75, 3.05) is 43.1 Å². The monoisotopic (exact) mass is 691 g/mol. The first-order valence-corrected chi connectivity index (χ1v) is 13.0. The summed E-state index contributed by atoms with van der Waals surface area (Å²) in [6.07, 6.45) is 1.59. The molecule has 2 fully saturated rings. The molecule has 11 heteroatoms. The maximum Gasteiger partial charge on any atom is 0.294 e. The second-order valence-corrected chi connectivity index (χ2v) is 10.6. The van der Waals surface area contributed by atoms with E-state index in [1.807, 2.05) is 57.3 Å². The summed E-state index contributed by atoms with van der Waals surface area (Å²) in [5.41, 5.74) is 2.33. The van der Waals surface area contributed by atoms with Gasteiger partial charge in [-0.25, -0.2) is 0 Å². The van der Waals surface area contributed by atoms with Crippen LogP contribution in [0.5, 0.6) is 5.75 Å². The molecule has 2 heterocycles. The molecule has 0 spiro atoms. The van der Waals surface area contributed by atoms with E-state index >= 15 is 0 Å². The standard InChI is InChI=1S/C22H19I2N3O5S/c23-16-9-13(10-17(24)20(16)29)11-18-21(30)27(22(31)33-18)12-19(28)25-14-1-3-15(4-2-14)26-5-7-32-8-6-26/h1-4,9-11,29H,5-8,12H2,(H,25,28)/b18-11+. The average molecular weight is 691 g/mol. The number of imide groups is 1. The number of thioether (sulfide) groups is 1. The van der Waals surface area contributed by atoms with Crippen LogP contribution in [0.2, 0.25) is 0 Å². The quantitative estimate of drug-likeness (QED) is 0.360. The summed E-state index contributed by atoms with van der Waals surface area (Å²) in [6, 6.07) is 10.9. The zero-order valence-electron chi connectivity index (χ0n) is 17.2. The van der Waals surface area contributed by atoms with Crippen molar-refractivity contribution in [2.45, 2.75) is 0 Å². The average Bonchev–Trinajstić information content (AvgIpc) is 3.05. The van der Waals surface area contributed by atoms with Gasteiger partial charge in [-0.1, -0.05) is 0 Å². The van der Waals surface area contributed by atoms with Crippen LogP contribution < -0.4 is 10.2 Å². The van der Waals surface area contributed by atoms with Crippen LogP contribution >= 0.6 is 56.9 Å². The first-order valence-electron chi connectivity index (χ1n) is 9.98. The van der Waals surface area contributed by atoms with Crippen molar-refractivity contribution in [3.63, 3.8) is 0 Å². The Morgan fingerprint density at radius 1 is 1.12 bits per heavy atom. The zero-order chi connectivity index (χ0) is 23.5. The van der Waals surface area contributed by atoms with Crippen molar-refractivity contribution in [1.29, 1.82) is 0 Å². The van der Waals surface area contributed by atoms with Gasteiger partial charge in [-0.15, -0.1) is 0 Å². The predicted octanol–water partition coefficient (Wildman–Crippen LogP) is 4.11. The molecule has 0 unspecified atom stereocenters. The Kier molecular flexibility index (Phi) is 7.81. The SMILES string of the molecule is O=C(CN1C(=O)S/C(=C/c2cc(I)c(O)c(I)c2)C1=O)Nc1ccc(N2CCOCC2)cc1. The van der Waals surface area contributed by atoms with E-state index in [1.54, 1.807) is 30.3 Å². The lowest BCUT2D eigenvalue weighted by Crippen LogP contribution is -2.36. The fourth-order valence-corrected chi connectivity index (χ4v) is 6.03. The van der Waals surface area contributed by atoms with Gasteiger partial charge in [0.25, 0.3) is 11.1 Å². The lowest BCUT2D eigenvalue weighted by atomic mass is 10.2. The van der Waals surface area contributed by atoms with Crippen molar-refractivity contribution >= 4 is 91.4 Å². The molecule has 2 saturated heterocycles. The first kappa shape index (κ1) is 24.3. The molecule has 2 aliphatic heterocycles. The lowest BCUT2D eigenvalue weighted by Gasteiger charge is -2.28. The molecule has 8 nitrogen and oxygen atoms in total. The number of phenolic OH excluding ortho intramolecular Hbond substituents is 1. The lowest BCUT2D eigenvalue weighted by molar-refractivity contribution is -0.127. The van der Waals surface area contributed by atoms with Gasteiger partial charge in [0.1, 0.15) is 12.3 Å². The number of ether oxygens (including phenoxy) is 1. The minimum Gasteiger partial charge on any atom is -0.506 e. The summed E-state index contributed by atoms with van der Waals surface area (Å²) in [6.45, 7) is 2.66. The molecule has 172 valence electrons. The Morgan fingerprint density at radius 3 is 2.39 bits per heavy atom.